The Balaban J connectivity index is 1.67. The standard InChI is InChI=1S/C35H58O/c1-21(2)26(22(3)4)18-25(7)32(8,9)31-14-16-34(11)28-19-30(36)29-17-23(5)24(6)20-33(29,10)27(28)13-15-35(31,34)12/h19,22-27,29,31H,1,13-18,20H2,2-12H3/t23-,24+,25-,26-,27?,29+,31-,33-,34+,35-/m1/s1. The zero-order valence-corrected chi connectivity index (χ0v) is 25.8. The summed E-state index contributed by atoms with van der Waals surface area (Å²) in [5.41, 5.74) is 3.75. The minimum Gasteiger partial charge on any atom is -0.295 e. The summed E-state index contributed by atoms with van der Waals surface area (Å²) in [5.74, 6) is 5.27. The fraction of sp³-hybridized carbons (Fsp3) is 0.857. The summed E-state index contributed by atoms with van der Waals surface area (Å²) < 4.78 is 0. The van der Waals surface area contributed by atoms with E-state index in [1.807, 2.05) is 0 Å². The number of rotatable bonds is 6. The highest BCUT2D eigenvalue weighted by molar-refractivity contribution is 5.94. The second-order valence-corrected chi connectivity index (χ2v) is 16.0. The van der Waals surface area contributed by atoms with Crippen LogP contribution >= 0.6 is 0 Å². The smallest absolute Gasteiger partial charge is 0.159 e. The molecule has 0 heterocycles. The molecule has 1 nitrogen and oxygen atoms in total. The van der Waals surface area contributed by atoms with Gasteiger partial charge in [-0.1, -0.05) is 87.0 Å². The van der Waals surface area contributed by atoms with Gasteiger partial charge >= 0.3 is 0 Å². The number of carbonyl (C=O) groups excluding carboxylic acids is 1. The summed E-state index contributed by atoms with van der Waals surface area (Å²) in [6, 6.07) is 0. The fourth-order valence-corrected chi connectivity index (χ4v) is 10.5. The van der Waals surface area contributed by atoms with Gasteiger partial charge in [-0.15, -0.1) is 0 Å². The molecule has 0 aliphatic heterocycles. The molecule has 1 heteroatoms. The molecule has 3 fully saturated rings. The van der Waals surface area contributed by atoms with Crippen LogP contribution in [0.25, 0.3) is 0 Å². The highest BCUT2D eigenvalue weighted by Crippen LogP contribution is 2.74. The van der Waals surface area contributed by atoms with Gasteiger partial charge in [0.15, 0.2) is 5.78 Å². The molecule has 4 rings (SSSR count). The molecule has 0 saturated heterocycles. The van der Waals surface area contributed by atoms with Crippen LogP contribution in [0.4, 0.5) is 0 Å². The molecule has 4 aliphatic rings. The number of fused-ring (bicyclic) bond motifs is 5. The van der Waals surface area contributed by atoms with Crippen LogP contribution < -0.4 is 0 Å². The SMILES string of the molecule is C=C(C)[C@@H](C[C@@H](C)C(C)(C)[C@H]1CC[C@@]2(C)C3=CC(=O)[C@@H]4C[C@@H](C)[C@@H](C)C[C@]4(C)C3CC[C@]12C)C(C)C. The van der Waals surface area contributed by atoms with E-state index in [0.717, 1.165) is 12.3 Å². The van der Waals surface area contributed by atoms with E-state index in [4.69, 9.17) is 0 Å². The lowest BCUT2D eigenvalue weighted by Crippen LogP contribution is -2.56. The molecule has 0 bridgehead atoms. The van der Waals surface area contributed by atoms with Crippen molar-refractivity contribution in [3.8, 4) is 0 Å². The van der Waals surface area contributed by atoms with Crippen molar-refractivity contribution in [1.82, 2.24) is 0 Å². The third kappa shape index (κ3) is 3.95. The number of allylic oxidation sites excluding steroid dienone is 3. The van der Waals surface area contributed by atoms with E-state index in [9.17, 15) is 4.79 Å². The van der Waals surface area contributed by atoms with E-state index < -0.39 is 0 Å². The van der Waals surface area contributed by atoms with Crippen molar-refractivity contribution in [3.63, 3.8) is 0 Å². The Labute approximate surface area is 224 Å². The average Bonchev–Trinajstić information content (AvgIpc) is 3.05. The Morgan fingerprint density at radius 2 is 1.69 bits per heavy atom. The minimum absolute atomic E-state index is 0.152. The van der Waals surface area contributed by atoms with Crippen molar-refractivity contribution < 1.29 is 4.79 Å². The predicted molar refractivity (Wildman–Crippen MR) is 155 cm³/mol. The largest absolute Gasteiger partial charge is 0.295 e. The molecule has 0 amide bonds. The molecular weight excluding hydrogens is 436 g/mol. The Hall–Kier alpha value is -0.850. The van der Waals surface area contributed by atoms with E-state index in [0.29, 0.717) is 41.3 Å². The second kappa shape index (κ2) is 9.12. The summed E-state index contributed by atoms with van der Waals surface area (Å²) >= 11 is 0. The van der Waals surface area contributed by atoms with Crippen LogP contribution in [0.5, 0.6) is 0 Å². The average molecular weight is 495 g/mol. The molecular formula is C35H58O. The lowest BCUT2D eigenvalue weighted by atomic mass is 9.41. The molecule has 0 N–H and O–H groups in total. The molecule has 0 radical (unpaired) electrons. The third-order valence-electron chi connectivity index (χ3n) is 13.7. The van der Waals surface area contributed by atoms with Gasteiger partial charge in [0.2, 0.25) is 0 Å². The first-order valence-corrected chi connectivity index (χ1v) is 15.4. The van der Waals surface area contributed by atoms with Crippen LogP contribution in [-0.4, -0.2) is 5.78 Å². The van der Waals surface area contributed by atoms with Gasteiger partial charge in [0.25, 0.3) is 0 Å². The molecule has 0 aromatic carbocycles. The van der Waals surface area contributed by atoms with Gasteiger partial charge in [0, 0.05) is 5.92 Å². The van der Waals surface area contributed by atoms with Crippen molar-refractivity contribution in [2.45, 2.75) is 121 Å². The van der Waals surface area contributed by atoms with Crippen LogP contribution in [-0.2, 0) is 4.79 Å². The number of ketones is 1. The molecule has 1 unspecified atom stereocenters. The van der Waals surface area contributed by atoms with Crippen molar-refractivity contribution >= 4 is 5.78 Å². The highest BCUT2D eigenvalue weighted by atomic mass is 16.1. The maximum Gasteiger partial charge on any atom is 0.159 e. The van der Waals surface area contributed by atoms with Gasteiger partial charge < -0.3 is 0 Å². The molecule has 204 valence electrons. The van der Waals surface area contributed by atoms with E-state index in [1.54, 1.807) is 5.57 Å². The van der Waals surface area contributed by atoms with E-state index in [2.05, 4.69) is 88.8 Å². The normalized spacial score (nSPS) is 44.4. The molecule has 0 spiro atoms. The number of hydrogen-bond acceptors (Lipinski definition) is 1. The van der Waals surface area contributed by atoms with Gasteiger partial charge in [-0.25, -0.2) is 0 Å². The maximum atomic E-state index is 13.7. The van der Waals surface area contributed by atoms with Crippen LogP contribution in [0.3, 0.4) is 0 Å². The van der Waals surface area contributed by atoms with E-state index >= 15 is 0 Å². The van der Waals surface area contributed by atoms with Crippen LogP contribution in [0, 0.1) is 69.0 Å². The minimum atomic E-state index is 0.152. The Bertz CT molecular complexity index is 921. The number of carbonyl (C=O) groups is 1. The lowest BCUT2D eigenvalue weighted by Gasteiger charge is -2.62. The zero-order chi connectivity index (χ0) is 27.0. The maximum absolute atomic E-state index is 13.7. The van der Waals surface area contributed by atoms with Crippen molar-refractivity contribution in [3.05, 3.63) is 23.8 Å². The molecule has 10 atom stereocenters. The summed E-state index contributed by atoms with van der Waals surface area (Å²) in [6.45, 7) is 31.5. The summed E-state index contributed by atoms with van der Waals surface area (Å²) in [4.78, 5) is 13.7. The van der Waals surface area contributed by atoms with Gasteiger partial charge in [-0.05, 0) is 121 Å². The molecule has 36 heavy (non-hydrogen) atoms. The lowest BCUT2D eigenvalue weighted by molar-refractivity contribution is -0.134. The van der Waals surface area contributed by atoms with Gasteiger partial charge in [0.1, 0.15) is 0 Å². The summed E-state index contributed by atoms with van der Waals surface area (Å²) in [5, 5.41) is 0. The molecule has 3 saturated carbocycles. The topological polar surface area (TPSA) is 17.1 Å². The van der Waals surface area contributed by atoms with Crippen LogP contribution in [0.1, 0.15) is 121 Å². The first-order chi connectivity index (χ1) is 16.5. The Morgan fingerprint density at radius 1 is 1.06 bits per heavy atom. The van der Waals surface area contributed by atoms with Crippen molar-refractivity contribution in [2.24, 2.45) is 69.0 Å². The Kier molecular flexibility index (Phi) is 7.13. The monoisotopic (exact) mass is 494 g/mol. The molecule has 0 aromatic rings. The second-order valence-electron chi connectivity index (χ2n) is 16.0. The van der Waals surface area contributed by atoms with Crippen molar-refractivity contribution in [1.29, 1.82) is 0 Å². The number of hydrogen-bond donors (Lipinski definition) is 0. The highest BCUT2D eigenvalue weighted by Gasteiger charge is 2.66. The van der Waals surface area contributed by atoms with Crippen LogP contribution in [0.15, 0.2) is 23.8 Å². The van der Waals surface area contributed by atoms with Gasteiger partial charge in [0.05, 0.1) is 0 Å². The quantitative estimate of drug-likeness (QED) is 0.336. The fourth-order valence-electron chi connectivity index (χ4n) is 10.5. The van der Waals surface area contributed by atoms with Crippen LogP contribution in [0.2, 0.25) is 0 Å². The van der Waals surface area contributed by atoms with Gasteiger partial charge in [-0.3, -0.25) is 4.79 Å². The van der Waals surface area contributed by atoms with Gasteiger partial charge in [-0.2, -0.15) is 0 Å². The Morgan fingerprint density at radius 3 is 2.28 bits per heavy atom. The van der Waals surface area contributed by atoms with E-state index in [-0.39, 0.29) is 27.6 Å². The first kappa shape index (κ1) is 28.2. The summed E-state index contributed by atoms with van der Waals surface area (Å²) in [6.07, 6.45) is 10.9. The van der Waals surface area contributed by atoms with Crippen molar-refractivity contribution in [2.75, 3.05) is 0 Å². The van der Waals surface area contributed by atoms with E-state index in [1.165, 1.54) is 44.1 Å². The predicted octanol–water partition coefficient (Wildman–Crippen LogP) is 9.92. The molecule has 0 aromatic heterocycles. The zero-order valence-electron chi connectivity index (χ0n) is 25.8. The first-order valence-electron chi connectivity index (χ1n) is 15.4. The third-order valence-corrected chi connectivity index (χ3v) is 13.7. The molecule has 4 aliphatic carbocycles. The summed E-state index contributed by atoms with van der Waals surface area (Å²) in [7, 11) is 0.